The standard InChI is InChI=1S/C15H29NO3S/c1-3-4-5-6-7-8-15(17)16-11-9-14(10-12-16)13-20(2,18)19/h14H,3-13H2,1-2H3. The van der Waals surface area contributed by atoms with E-state index < -0.39 is 9.84 Å². The second-order valence-corrected chi connectivity index (χ2v) is 8.27. The van der Waals surface area contributed by atoms with E-state index >= 15 is 0 Å². The fourth-order valence-corrected chi connectivity index (χ4v) is 4.00. The van der Waals surface area contributed by atoms with Crippen LogP contribution in [-0.2, 0) is 14.6 Å². The van der Waals surface area contributed by atoms with Crippen molar-refractivity contribution in [2.75, 3.05) is 25.1 Å². The van der Waals surface area contributed by atoms with E-state index in [9.17, 15) is 13.2 Å². The Morgan fingerprint density at radius 3 is 2.25 bits per heavy atom. The van der Waals surface area contributed by atoms with E-state index in [-0.39, 0.29) is 17.6 Å². The van der Waals surface area contributed by atoms with E-state index in [0.717, 1.165) is 38.8 Å². The highest BCUT2D eigenvalue weighted by atomic mass is 32.2. The lowest BCUT2D eigenvalue weighted by Gasteiger charge is -2.31. The smallest absolute Gasteiger partial charge is 0.222 e. The molecule has 1 amide bonds. The number of rotatable bonds is 8. The Hall–Kier alpha value is -0.580. The number of piperidine rings is 1. The van der Waals surface area contributed by atoms with Gasteiger partial charge in [-0.15, -0.1) is 0 Å². The molecule has 0 atom stereocenters. The van der Waals surface area contributed by atoms with Crippen LogP contribution in [-0.4, -0.2) is 44.3 Å². The second-order valence-electron chi connectivity index (χ2n) is 6.08. The molecule has 1 heterocycles. The molecule has 5 heteroatoms. The highest BCUT2D eigenvalue weighted by molar-refractivity contribution is 7.90. The third kappa shape index (κ3) is 7.27. The summed E-state index contributed by atoms with van der Waals surface area (Å²) >= 11 is 0. The summed E-state index contributed by atoms with van der Waals surface area (Å²) in [5.74, 6) is 0.754. The molecule has 118 valence electrons. The molecule has 4 nitrogen and oxygen atoms in total. The van der Waals surface area contributed by atoms with Crippen LogP contribution in [0.3, 0.4) is 0 Å². The summed E-state index contributed by atoms with van der Waals surface area (Å²) in [6.07, 6.45) is 9.43. The summed E-state index contributed by atoms with van der Waals surface area (Å²) in [5.41, 5.74) is 0. The first-order chi connectivity index (χ1) is 9.42. The Morgan fingerprint density at radius 1 is 1.10 bits per heavy atom. The molecule has 0 aromatic carbocycles. The number of hydrogen-bond acceptors (Lipinski definition) is 3. The Bertz CT molecular complexity index is 384. The predicted octanol–water partition coefficient (Wildman–Crippen LogP) is 2.63. The van der Waals surface area contributed by atoms with Gasteiger partial charge in [0.05, 0.1) is 5.75 Å². The maximum atomic E-state index is 12.0. The summed E-state index contributed by atoms with van der Waals surface area (Å²) in [5, 5.41) is 0. The zero-order valence-electron chi connectivity index (χ0n) is 12.9. The van der Waals surface area contributed by atoms with Crippen LogP contribution < -0.4 is 0 Å². The Kier molecular flexibility index (Phi) is 7.56. The third-order valence-electron chi connectivity index (χ3n) is 4.00. The minimum atomic E-state index is -2.89. The van der Waals surface area contributed by atoms with Gasteiger partial charge in [-0.1, -0.05) is 32.6 Å². The van der Waals surface area contributed by atoms with Gasteiger partial charge in [0.25, 0.3) is 0 Å². The second kappa shape index (κ2) is 8.65. The van der Waals surface area contributed by atoms with E-state index in [2.05, 4.69) is 6.92 Å². The number of carbonyl (C=O) groups excluding carboxylic acids is 1. The van der Waals surface area contributed by atoms with Crippen LogP contribution in [0.5, 0.6) is 0 Å². The number of hydrogen-bond donors (Lipinski definition) is 0. The monoisotopic (exact) mass is 303 g/mol. The highest BCUT2D eigenvalue weighted by Crippen LogP contribution is 2.20. The lowest BCUT2D eigenvalue weighted by atomic mass is 9.98. The SMILES string of the molecule is CCCCCCCC(=O)N1CCC(CS(C)(=O)=O)CC1. The molecule has 0 N–H and O–H groups in total. The predicted molar refractivity (Wildman–Crippen MR) is 82.4 cm³/mol. The largest absolute Gasteiger partial charge is 0.343 e. The molecule has 0 aromatic heterocycles. The molecule has 0 radical (unpaired) electrons. The van der Waals surface area contributed by atoms with Crippen LogP contribution in [0.2, 0.25) is 0 Å². The van der Waals surface area contributed by atoms with E-state index in [0.29, 0.717) is 6.42 Å². The third-order valence-corrected chi connectivity index (χ3v) is 5.08. The summed E-state index contributed by atoms with van der Waals surface area (Å²) in [7, 11) is -2.89. The molecule has 1 aliphatic heterocycles. The van der Waals surface area contributed by atoms with Crippen molar-refractivity contribution in [3.8, 4) is 0 Å². The molecular weight excluding hydrogens is 274 g/mol. The number of carbonyl (C=O) groups is 1. The van der Waals surface area contributed by atoms with Gasteiger partial charge in [-0.3, -0.25) is 4.79 Å². The van der Waals surface area contributed by atoms with E-state index in [1.54, 1.807) is 0 Å². The van der Waals surface area contributed by atoms with Crippen molar-refractivity contribution < 1.29 is 13.2 Å². The van der Waals surface area contributed by atoms with Crippen LogP contribution in [0.1, 0.15) is 58.3 Å². The highest BCUT2D eigenvalue weighted by Gasteiger charge is 2.24. The van der Waals surface area contributed by atoms with Gasteiger partial charge in [0, 0.05) is 25.8 Å². The van der Waals surface area contributed by atoms with Gasteiger partial charge in [0.1, 0.15) is 9.84 Å². The van der Waals surface area contributed by atoms with Crippen molar-refractivity contribution in [3.63, 3.8) is 0 Å². The lowest BCUT2D eigenvalue weighted by molar-refractivity contribution is -0.132. The summed E-state index contributed by atoms with van der Waals surface area (Å²) in [4.78, 5) is 13.9. The minimum Gasteiger partial charge on any atom is -0.343 e. The number of nitrogens with zero attached hydrogens (tertiary/aromatic N) is 1. The van der Waals surface area contributed by atoms with E-state index in [1.165, 1.54) is 25.5 Å². The van der Waals surface area contributed by atoms with E-state index in [1.807, 2.05) is 4.90 Å². The van der Waals surface area contributed by atoms with Crippen LogP contribution in [0.4, 0.5) is 0 Å². The molecule has 0 bridgehead atoms. The zero-order valence-corrected chi connectivity index (χ0v) is 13.8. The van der Waals surface area contributed by atoms with Crippen molar-refractivity contribution in [3.05, 3.63) is 0 Å². The molecule has 1 fully saturated rings. The number of amides is 1. The quantitative estimate of drug-likeness (QED) is 0.648. The van der Waals surface area contributed by atoms with Gasteiger partial charge >= 0.3 is 0 Å². The van der Waals surface area contributed by atoms with Gasteiger partial charge in [0.2, 0.25) is 5.91 Å². The van der Waals surface area contributed by atoms with Gasteiger partial charge in [-0.25, -0.2) is 8.42 Å². The molecule has 0 unspecified atom stereocenters. The molecule has 20 heavy (non-hydrogen) atoms. The van der Waals surface area contributed by atoms with Gasteiger partial charge in [0.15, 0.2) is 0 Å². The van der Waals surface area contributed by atoms with E-state index in [4.69, 9.17) is 0 Å². The van der Waals surface area contributed by atoms with Crippen molar-refractivity contribution >= 4 is 15.7 Å². The molecule has 0 saturated carbocycles. The average molecular weight is 303 g/mol. The minimum absolute atomic E-state index is 0.235. The van der Waals surface area contributed by atoms with Crippen molar-refractivity contribution in [2.24, 2.45) is 5.92 Å². The van der Waals surface area contributed by atoms with Crippen molar-refractivity contribution in [2.45, 2.75) is 58.3 Å². The molecule has 0 aromatic rings. The first-order valence-electron chi connectivity index (χ1n) is 7.88. The normalized spacial score (nSPS) is 17.4. The first-order valence-corrected chi connectivity index (χ1v) is 9.94. The Morgan fingerprint density at radius 2 is 1.70 bits per heavy atom. The summed E-state index contributed by atoms with van der Waals surface area (Å²) < 4.78 is 22.5. The maximum absolute atomic E-state index is 12.0. The summed E-state index contributed by atoms with van der Waals surface area (Å²) in [6, 6.07) is 0. The maximum Gasteiger partial charge on any atom is 0.222 e. The summed E-state index contributed by atoms with van der Waals surface area (Å²) in [6.45, 7) is 3.65. The number of unbranched alkanes of at least 4 members (excludes halogenated alkanes) is 4. The van der Waals surface area contributed by atoms with Crippen LogP contribution in [0, 0.1) is 5.92 Å². The first kappa shape index (κ1) is 17.5. The van der Waals surface area contributed by atoms with Crippen LogP contribution >= 0.6 is 0 Å². The Balaban J connectivity index is 2.19. The lowest BCUT2D eigenvalue weighted by Crippen LogP contribution is -2.39. The van der Waals surface area contributed by atoms with Crippen molar-refractivity contribution in [1.29, 1.82) is 0 Å². The zero-order chi connectivity index (χ0) is 15.0. The number of sulfone groups is 1. The molecule has 0 spiro atoms. The van der Waals surface area contributed by atoms with Gasteiger partial charge < -0.3 is 4.90 Å². The Labute approximate surface area is 123 Å². The number of likely N-dealkylation sites (tertiary alicyclic amines) is 1. The topological polar surface area (TPSA) is 54.5 Å². The van der Waals surface area contributed by atoms with Crippen molar-refractivity contribution in [1.82, 2.24) is 4.90 Å². The van der Waals surface area contributed by atoms with Crippen LogP contribution in [0.25, 0.3) is 0 Å². The van der Waals surface area contributed by atoms with Crippen LogP contribution in [0.15, 0.2) is 0 Å². The molecule has 1 aliphatic rings. The van der Waals surface area contributed by atoms with Gasteiger partial charge in [-0.05, 0) is 25.2 Å². The average Bonchev–Trinajstić information content (AvgIpc) is 2.37. The molecule has 1 saturated heterocycles. The fraction of sp³-hybridized carbons (Fsp3) is 0.933. The fourth-order valence-electron chi connectivity index (χ4n) is 2.82. The van der Waals surface area contributed by atoms with Gasteiger partial charge in [-0.2, -0.15) is 0 Å². The molecule has 0 aliphatic carbocycles. The molecular formula is C15H29NO3S. The molecule has 1 rings (SSSR count).